The molecular weight excluding hydrogens is 450 g/mol. The van der Waals surface area contributed by atoms with E-state index >= 15 is 0 Å². The van der Waals surface area contributed by atoms with E-state index in [0.29, 0.717) is 11.0 Å². The largest absolute Gasteiger partial charge is 0.394 e. The van der Waals surface area contributed by atoms with Gasteiger partial charge in [-0.1, -0.05) is 23.3 Å². The van der Waals surface area contributed by atoms with Gasteiger partial charge in [-0.05, 0) is 70.7 Å². The molecule has 1 aromatic heterocycles. The molecule has 2 rings (SSSR count). The van der Waals surface area contributed by atoms with Crippen LogP contribution in [0.5, 0.6) is 0 Å². The fourth-order valence-corrected chi connectivity index (χ4v) is 3.58. The van der Waals surface area contributed by atoms with Crippen LogP contribution in [0, 0.1) is 13.8 Å². The minimum Gasteiger partial charge on any atom is -0.394 e. The average Bonchev–Trinajstić information content (AvgIpc) is 2.80. The van der Waals surface area contributed by atoms with Crippen molar-refractivity contribution in [2.45, 2.75) is 72.3 Å². The summed E-state index contributed by atoms with van der Waals surface area (Å²) in [4.78, 5) is 30.4. The molecule has 0 aliphatic heterocycles. The van der Waals surface area contributed by atoms with Gasteiger partial charge in [-0.25, -0.2) is 4.98 Å². The Kier molecular flexibility index (Phi) is 10.3. The molecule has 0 saturated heterocycles. The van der Waals surface area contributed by atoms with E-state index in [1.54, 1.807) is 12.1 Å². The molecule has 35 heavy (non-hydrogen) atoms. The molecule has 2 aromatic rings. The third-order valence-corrected chi connectivity index (χ3v) is 5.93. The Morgan fingerprint density at radius 3 is 2.37 bits per heavy atom. The second-order valence-electron chi connectivity index (χ2n) is 9.19. The normalized spacial score (nSPS) is 14.5. The number of nitrogens with zero attached hydrogens (tertiary/aromatic N) is 2. The SMILES string of the molecule is CC(C)=CCC/C(C)=C/CNC(=O)c1nc2cc(C)c(C)cc2n(C[C@H](O)[C@H](O)[C@H](O)CO)c1=O. The van der Waals surface area contributed by atoms with Crippen molar-refractivity contribution in [3.8, 4) is 0 Å². The molecule has 0 radical (unpaired) electrons. The Hall–Kier alpha value is -2.85. The number of aliphatic hydroxyl groups is 4. The van der Waals surface area contributed by atoms with Crippen molar-refractivity contribution in [1.82, 2.24) is 14.9 Å². The molecular formula is C26H37N3O6. The standard InChI is InChI=1S/C26H37N3O6/c1-15(2)7-6-8-16(3)9-10-27-25(34)23-26(35)29(13-21(31)24(33)22(32)14-30)20-12-18(5)17(4)11-19(20)28-23/h7,9,11-12,21-22,24,30-33H,6,8,10,13-14H2,1-5H3,(H,27,34)/b16-9+/t21-,22+,24-/m0/s1. The van der Waals surface area contributed by atoms with Gasteiger partial charge in [0.2, 0.25) is 0 Å². The zero-order valence-electron chi connectivity index (χ0n) is 21.1. The second-order valence-corrected chi connectivity index (χ2v) is 9.19. The van der Waals surface area contributed by atoms with Crippen LogP contribution < -0.4 is 10.9 Å². The molecule has 9 nitrogen and oxygen atoms in total. The summed E-state index contributed by atoms with van der Waals surface area (Å²) < 4.78 is 1.17. The van der Waals surface area contributed by atoms with Crippen molar-refractivity contribution in [1.29, 1.82) is 0 Å². The van der Waals surface area contributed by atoms with E-state index in [1.807, 2.05) is 40.7 Å². The average molecular weight is 488 g/mol. The number of aromatic nitrogens is 2. The molecule has 9 heteroatoms. The van der Waals surface area contributed by atoms with E-state index in [4.69, 9.17) is 5.11 Å². The highest BCUT2D eigenvalue weighted by Gasteiger charge is 2.27. The lowest BCUT2D eigenvalue weighted by molar-refractivity contribution is -0.0805. The van der Waals surface area contributed by atoms with Crippen molar-refractivity contribution < 1.29 is 25.2 Å². The summed E-state index contributed by atoms with van der Waals surface area (Å²) in [5.74, 6) is -0.650. The van der Waals surface area contributed by atoms with Gasteiger partial charge in [0.05, 0.1) is 24.2 Å². The van der Waals surface area contributed by atoms with Crippen molar-refractivity contribution in [2.24, 2.45) is 0 Å². The van der Waals surface area contributed by atoms with Gasteiger partial charge < -0.3 is 30.3 Å². The van der Waals surface area contributed by atoms with Crippen LogP contribution in [0.2, 0.25) is 0 Å². The van der Waals surface area contributed by atoms with Crippen LogP contribution in [0.3, 0.4) is 0 Å². The molecule has 192 valence electrons. The molecule has 0 spiro atoms. The van der Waals surface area contributed by atoms with Gasteiger partial charge in [0.15, 0.2) is 5.69 Å². The zero-order chi connectivity index (χ0) is 26.3. The number of allylic oxidation sites excluding steroid dienone is 3. The fourth-order valence-electron chi connectivity index (χ4n) is 3.58. The van der Waals surface area contributed by atoms with Crippen LogP contribution in [-0.2, 0) is 6.54 Å². The van der Waals surface area contributed by atoms with E-state index in [-0.39, 0.29) is 12.2 Å². The Morgan fingerprint density at radius 2 is 1.74 bits per heavy atom. The number of carbonyl (C=O) groups is 1. The predicted octanol–water partition coefficient (Wildman–Crippen LogP) is 1.51. The number of hydrogen-bond donors (Lipinski definition) is 5. The summed E-state index contributed by atoms with van der Waals surface area (Å²) in [5.41, 5.74) is 3.85. The number of aryl methyl sites for hydroxylation is 2. The van der Waals surface area contributed by atoms with E-state index in [0.717, 1.165) is 29.5 Å². The Balaban J connectivity index is 2.36. The van der Waals surface area contributed by atoms with Gasteiger partial charge >= 0.3 is 0 Å². The summed E-state index contributed by atoms with van der Waals surface area (Å²) in [5, 5.41) is 41.9. The zero-order valence-corrected chi connectivity index (χ0v) is 21.1. The second kappa shape index (κ2) is 12.7. The topological polar surface area (TPSA) is 145 Å². The van der Waals surface area contributed by atoms with Gasteiger partial charge in [-0.15, -0.1) is 0 Å². The van der Waals surface area contributed by atoms with Crippen LogP contribution in [-0.4, -0.2) is 67.3 Å². The summed E-state index contributed by atoms with van der Waals surface area (Å²) >= 11 is 0. The number of carbonyl (C=O) groups excluding carboxylic acids is 1. The highest BCUT2D eigenvalue weighted by molar-refractivity contribution is 5.94. The predicted molar refractivity (Wildman–Crippen MR) is 135 cm³/mol. The minimum absolute atomic E-state index is 0.232. The van der Waals surface area contributed by atoms with Gasteiger partial charge in [-0.2, -0.15) is 0 Å². The molecule has 0 fully saturated rings. The van der Waals surface area contributed by atoms with Crippen LogP contribution in [0.25, 0.3) is 11.0 Å². The lowest BCUT2D eigenvalue weighted by atomic mass is 10.1. The third-order valence-electron chi connectivity index (χ3n) is 5.93. The molecule has 3 atom stereocenters. The summed E-state index contributed by atoms with van der Waals surface area (Å²) in [6, 6.07) is 3.47. The number of aliphatic hydroxyl groups excluding tert-OH is 4. The Bertz CT molecular complexity index is 1160. The number of benzene rings is 1. The number of nitrogens with one attached hydrogen (secondary N) is 1. The first-order valence-corrected chi connectivity index (χ1v) is 11.7. The summed E-state index contributed by atoms with van der Waals surface area (Å²) in [6.45, 7) is 8.88. The van der Waals surface area contributed by atoms with Crippen LogP contribution in [0.1, 0.15) is 55.2 Å². The quantitative estimate of drug-likeness (QED) is 0.302. The number of fused-ring (bicyclic) bond motifs is 1. The molecule has 1 heterocycles. The number of rotatable bonds is 11. The van der Waals surface area contributed by atoms with Crippen molar-refractivity contribution in [3.05, 3.63) is 62.6 Å². The van der Waals surface area contributed by atoms with E-state index in [1.165, 1.54) is 10.1 Å². The fraction of sp³-hybridized carbons (Fsp3) is 0.500. The molecule has 0 bridgehead atoms. The summed E-state index contributed by atoms with van der Waals surface area (Å²) in [6.07, 6.45) is 0.982. The van der Waals surface area contributed by atoms with Gasteiger partial charge in [0.25, 0.3) is 11.5 Å². The van der Waals surface area contributed by atoms with Crippen molar-refractivity contribution in [2.75, 3.05) is 13.2 Å². The Morgan fingerprint density at radius 1 is 1.09 bits per heavy atom. The highest BCUT2D eigenvalue weighted by atomic mass is 16.4. The van der Waals surface area contributed by atoms with E-state index < -0.39 is 42.9 Å². The maximum absolute atomic E-state index is 13.2. The lowest BCUT2D eigenvalue weighted by Crippen LogP contribution is -2.44. The van der Waals surface area contributed by atoms with Crippen LogP contribution in [0.15, 0.2) is 40.2 Å². The number of amides is 1. The number of hydrogen-bond acceptors (Lipinski definition) is 7. The maximum atomic E-state index is 13.2. The van der Waals surface area contributed by atoms with Crippen molar-refractivity contribution >= 4 is 16.9 Å². The van der Waals surface area contributed by atoms with Gasteiger partial charge in [0, 0.05) is 6.54 Å². The first-order chi connectivity index (χ1) is 16.5. The molecule has 0 aliphatic carbocycles. The third kappa shape index (κ3) is 7.57. The molecule has 0 unspecified atom stereocenters. The smallest absolute Gasteiger partial charge is 0.282 e. The first kappa shape index (κ1) is 28.4. The highest BCUT2D eigenvalue weighted by Crippen LogP contribution is 2.18. The molecule has 1 aromatic carbocycles. The van der Waals surface area contributed by atoms with E-state index in [9.17, 15) is 24.9 Å². The molecule has 0 saturated carbocycles. The van der Waals surface area contributed by atoms with Gasteiger partial charge in [0.1, 0.15) is 18.3 Å². The van der Waals surface area contributed by atoms with E-state index in [2.05, 4.69) is 16.4 Å². The molecule has 5 N–H and O–H groups in total. The van der Waals surface area contributed by atoms with Crippen molar-refractivity contribution in [3.63, 3.8) is 0 Å². The van der Waals surface area contributed by atoms with Crippen LogP contribution in [0.4, 0.5) is 0 Å². The maximum Gasteiger partial charge on any atom is 0.282 e. The monoisotopic (exact) mass is 487 g/mol. The lowest BCUT2D eigenvalue weighted by Gasteiger charge is -2.23. The van der Waals surface area contributed by atoms with Gasteiger partial charge in [-0.3, -0.25) is 9.59 Å². The minimum atomic E-state index is -1.68. The summed E-state index contributed by atoms with van der Waals surface area (Å²) in [7, 11) is 0. The Labute approximate surface area is 205 Å². The van der Waals surface area contributed by atoms with Crippen LogP contribution >= 0.6 is 0 Å². The molecule has 0 aliphatic rings. The molecule has 1 amide bonds. The first-order valence-electron chi connectivity index (χ1n) is 11.7.